The number of nitrogens with zero attached hydrogens (tertiary/aromatic N) is 3. The van der Waals surface area contributed by atoms with Crippen LogP contribution in [0.15, 0.2) is 12.4 Å². The van der Waals surface area contributed by atoms with E-state index < -0.39 is 0 Å². The first-order chi connectivity index (χ1) is 9.87. The first-order valence-corrected chi connectivity index (χ1v) is 8.45. The lowest BCUT2D eigenvalue weighted by molar-refractivity contribution is 0.371. The van der Waals surface area contributed by atoms with Gasteiger partial charge in [-0.1, -0.05) is 41.0 Å². The third-order valence-corrected chi connectivity index (χ3v) is 3.99. The molecule has 0 N–H and O–H groups in total. The summed E-state index contributed by atoms with van der Waals surface area (Å²) in [5.41, 5.74) is 1.59. The lowest BCUT2D eigenvalue weighted by Gasteiger charge is -2.31. The maximum Gasteiger partial charge on any atom is 0.225 e. The summed E-state index contributed by atoms with van der Waals surface area (Å²) in [6.07, 6.45) is 9.79. The molecule has 0 aliphatic heterocycles. The minimum absolute atomic E-state index is 0.340. The number of unbranched alkanes of at least 4 members (excludes halogenated alkanes) is 1. The van der Waals surface area contributed by atoms with Crippen LogP contribution in [-0.4, -0.2) is 22.6 Å². The van der Waals surface area contributed by atoms with Crippen molar-refractivity contribution in [2.45, 2.75) is 79.7 Å². The molecule has 0 aromatic carbocycles. The van der Waals surface area contributed by atoms with Crippen LogP contribution in [0.25, 0.3) is 0 Å². The maximum absolute atomic E-state index is 4.62. The van der Waals surface area contributed by atoms with E-state index in [1.54, 1.807) is 0 Å². The Morgan fingerprint density at radius 1 is 1.14 bits per heavy atom. The second-order valence-electron chi connectivity index (χ2n) is 7.26. The molecule has 0 radical (unpaired) electrons. The smallest absolute Gasteiger partial charge is 0.225 e. The molecule has 0 bridgehead atoms. The average Bonchev–Trinajstić information content (AvgIpc) is 2.45. The van der Waals surface area contributed by atoms with Crippen molar-refractivity contribution in [1.29, 1.82) is 0 Å². The van der Waals surface area contributed by atoms with E-state index in [0.717, 1.165) is 31.8 Å². The van der Waals surface area contributed by atoms with E-state index in [1.165, 1.54) is 18.4 Å². The predicted octanol–water partition coefficient (Wildman–Crippen LogP) is 4.86. The highest BCUT2D eigenvalue weighted by Crippen LogP contribution is 2.22. The van der Waals surface area contributed by atoms with Crippen molar-refractivity contribution < 1.29 is 0 Å². The topological polar surface area (TPSA) is 29.0 Å². The van der Waals surface area contributed by atoms with Gasteiger partial charge in [0.1, 0.15) is 0 Å². The number of rotatable bonds is 8. The molecule has 3 nitrogen and oxygen atoms in total. The first kappa shape index (κ1) is 17.9. The van der Waals surface area contributed by atoms with Gasteiger partial charge in [0, 0.05) is 25.0 Å². The molecule has 0 saturated heterocycles. The van der Waals surface area contributed by atoms with Crippen molar-refractivity contribution in [2.24, 2.45) is 5.41 Å². The molecular weight excluding hydrogens is 258 g/mol. The normalized spacial score (nSPS) is 13.2. The summed E-state index contributed by atoms with van der Waals surface area (Å²) < 4.78 is 0. The van der Waals surface area contributed by atoms with Gasteiger partial charge in [-0.2, -0.15) is 0 Å². The minimum atomic E-state index is 0.340. The Bertz CT molecular complexity index is 392. The number of aromatic nitrogens is 2. The third kappa shape index (κ3) is 6.45. The second kappa shape index (κ2) is 8.35. The van der Waals surface area contributed by atoms with Gasteiger partial charge >= 0.3 is 0 Å². The molecule has 0 aliphatic carbocycles. The van der Waals surface area contributed by atoms with E-state index in [9.17, 15) is 0 Å². The molecular formula is C18H33N3. The van der Waals surface area contributed by atoms with Gasteiger partial charge in [-0.05, 0) is 43.6 Å². The van der Waals surface area contributed by atoms with Gasteiger partial charge in [0.25, 0.3) is 0 Å². The number of hydrogen-bond donors (Lipinski definition) is 0. The van der Waals surface area contributed by atoms with Crippen LogP contribution < -0.4 is 4.90 Å². The maximum atomic E-state index is 4.62. The second-order valence-corrected chi connectivity index (χ2v) is 7.26. The van der Waals surface area contributed by atoms with Crippen molar-refractivity contribution in [3.05, 3.63) is 18.0 Å². The number of hydrogen-bond acceptors (Lipinski definition) is 3. The molecule has 0 saturated carbocycles. The van der Waals surface area contributed by atoms with E-state index in [4.69, 9.17) is 0 Å². The van der Waals surface area contributed by atoms with Crippen LogP contribution in [0.4, 0.5) is 5.95 Å². The lowest BCUT2D eigenvalue weighted by atomic mass is 9.92. The van der Waals surface area contributed by atoms with Gasteiger partial charge in [-0.25, -0.2) is 9.97 Å². The summed E-state index contributed by atoms with van der Waals surface area (Å²) >= 11 is 0. The van der Waals surface area contributed by atoms with Crippen molar-refractivity contribution >= 4 is 5.95 Å². The summed E-state index contributed by atoms with van der Waals surface area (Å²) in [6, 6.07) is 0.480. The van der Waals surface area contributed by atoms with Crippen LogP contribution in [0, 0.1) is 5.41 Å². The van der Waals surface area contributed by atoms with Crippen molar-refractivity contribution in [2.75, 3.05) is 11.4 Å². The summed E-state index contributed by atoms with van der Waals surface area (Å²) in [5, 5.41) is 0. The molecule has 1 aromatic heterocycles. The van der Waals surface area contributed by atoms with Crippen LogP contribution in [0.5, 0.6) is 0 Å². The Hall–Kier alpha value is -1.12. The molecule has 1 heterocycles. The first-order valence-electron chi connectivity index (χ1n) is 8.45. The molecule has 3 heteroatoms. The fraction of sp³-hybridized carbons (Fsp3) is 0.778. The summed E-state index contributed by atoms with van der Waals surface area (Å²) in [4.78, 5) is 11.6. The third-order valence-electron chi connectivity index (χ3n) is 3.99. The molecule has 1 rings (SSSR count). The standard InChI is InChI=1S/C18H33N3/c1-7-9-10-16-13-19-17(20-14-16)21(15(3)8-2)12-11-18(4,5)6/h13-15H,7-12H2,1-6H3. The molecule has 0 fully saturated rings. The van der Waals surface area contributed by atoms with E-state index in [1.807, 2.05) is 12.4 Å². The summed E-state index contributed by atoms with van der Waals surface area (Å²) in [6.45, 7) is 14.6. The Labute approximate surface area is 131 Å². The molecule has 1 atom stereocenters. The lowest BCUT2D eigenvalue weighted by Crippen LogP contribution is -2.36. The molecule has 120 valence electrons. The van der Waals surface area contributed by atoms with Gasteiger partial charge in [-0.15, -0.1) is 0 Å². The van der Waals surface area contributed by atoms with Gasteiger partial charge in [-0.3, -0.25) is 0 Å². The monoisotopic (exact) mass is 291 g/mol. The van der Waals surface area contributed by atoms with Gasteiger partial charge in [0.05, 0.1) is 0 Å². The van der Waals surface area contributed by atoms with Crippen LogP contribution in [0.2, 0.25) is 0 Å². The van der Waals surface area contributed by atoms with Crippen molar-refractivity contribution in [3.63, 3.8) is 0 Å². The fourth-order valence-corrected chi connectivity index (χ4v) is 2.20. The highest BCUT2D eigenvalue weighted by molar-refractivity contribution is 5.31. The zero-order valence-electron chi connectivity index (χ0n) is 14.8. The van der Waals surface area contributed by atoms with Crippen LogP contribution in [-0.2, 0) is 6.42 Å². The molecule has 0 aliphatic rings. The van der Waals surface area contributed by atoms with Crippen LogP contribution in [0.1, 0.15) is 72.8 Å². The largest absolute Gasteiger partial charge is 0.338 e. The number of aryl methyl sites for hydroxylation is 1. The fourth-order valence-electron chi connectivity index (χ4n) is 2.20. The number of anilines is 1. The zero-order chi connectivity index (χ0) is 15.9. The molecule has 0 amide bonds. The molecule has 21 heavy (non-hydrogen) atoms. The van der Waals surface area contributed by atoms with E-state index in [-0.39, 0.29) is 0 Å². The Balaban J connectivity index is 2.78. The molecule has 1 unspecified atom stereocenters. The zero-order valence-corrected chi connectivity index (χ0v) is 14.8. The molecule has 1 aromatic rings. The minimum Gasteiger partial charge on any atom is -0.338 e. The Kier molecular flexibility index (Phi) is 7.13. The van der Waals surface area contributed by atoms with Gasteiger partial charge in [0.15, 0.2) is 0 Å². The van der Waals surface area contributed by atoms with Crippen LogP contribution in [0.3, 0.4) is 0 Å². The highest BCUT2D eigenvalue weighted by Gasteiger charge is 2.19. The van der Waals surface area contributed by atoms with Crippen molar-refractivity contribution in [3.8, 4) is 0 Å². The highest BCUT2D eigenvalue weighted by atomic mass is 15.3. The van der Waals surface area contributed by atoms with E-state index in [0.29, 0.717) is 11.5 Å². The quantitative estimate of drug-likeness (QED) is 0.685. The van der Waals surface area contributed by atoms with Crippen LogP contribution >= 0.6 is 0 Å². The Morgan fingerprint density at radius 2 is 1.76 bits per heavy atom. The summed E-state index contributed by atoms with van der Waals surface area (Å²) in [5.74, 6) is 0.883. The average molecular weight is 291 g/mol. The van der Waals surface area contributed by atoms with Gasteiger partial charge in [0.2, 0.25) is 5.95 Å². The Morgan fingerprint density at radius 3 is 2.24 bits per heavy atom. The van der Waals surface area contributed by atoms with Gasteiger partial charge < -0.3 is 4.90 Å². The summed E-state index contributed by atoms with van der Waals surface area (Å²) in [7, 11) is 0. The SMILES string of the molecule is CCCCc1cnc(N(CCC(C)(C)C)C(C)CC)nc1. The predicted molar refractivity (Wildman–Crippen MR) is 91.8 cm³/mol. The van der Waals surface area contributed by atoms with E-state index in [2.05, 4.69) is 56.4 Å². The van der Waals surface area contributed by atoms with E-state index >= 15 is 0 Å². The van der Waals surface area contributed by atoms with Crippen molar-refractivity contribution in [1.82, 2.24) is 9.97 Å². The molecule has 0 spiro atoms.